The summed E-state index contributed by atoms with van der Waals surface area (Å²) in [4.78, 5) is 7.17. The van der Waals surface area contributed by atoms with Gasteiger partial charge in [-0.25, -0.2) is 4.98 Å². The summed E-state index contributed by atoms with van der Waals surface area (Å²) in [5.74, 6) is 0. The van der Waals surface area contributed by atoms with Gasteiger partial charge in [-0.1, -0.05) is 35.7 Å². The molecule has 0 spiro atoms. The maximum atomic E-state index is 6.12. The number of aromatic amines is 1. The van der Waals surface area contributed by atoms with Crippen molar-refractivity contribution in [1.82, 2.24) is 9.97 Å². The van der Waals surface area contributed by atoms with Crippen LogP contribution in [0.15, 0.2) is 30.7 Å². The zero-order chi connectivity index (χ0) is 12.8. The Hall–Kier alpha value is -0.990. The van der Waals surface area contributed by atoms with E-state index in [9.17, 15) is 0 Å². The van der Waals surface area contributed by atoms with E-state index in [0.717, 1.165) is 53.4 Å². The highest BCUT2D eigenvalue weighted by atomic mass is 35.5. The Kier molecular flexibility index (Phi) is 5.09. The van der Waals surface area contributed by atoms with Crippen LogP contribution in [0, 0.1) is 0 Å². The van der Waals surface area contributed by atoms with Gasteiger partial charge in [0.05, 0.1) is 12.0 Å². The molecule has 0 amide bonds. The standard InChI is InChI=1S/C14H16Cl2N2/c15-13-7-4-8-14(16)12(13)6-3-1-2-5-11-9-17-10-18-11/h4,7-10H,1-3,5-6H2,(H,17,18). The number of aromatic nitrogens is 2. The lowest BCUT2D eigenvalue weighted by Gasteiger charge is -2.06. The van der Waals surface area contributed by atoms with E-state index in [0.29, 0.717) is 0 Å². The topological polar surface area (TPSA) is 28.7 Å². The monoisotopic (exact) mass is 282 g/mol. The molecular weight excluding hydrogens is 267 g/mol. The van der Waals surface area contributed by atoms with Crippen molar-refractivity contribution >= 4 is 23.2 Å². The number of rotatable bonds is 6. The molecule has 0 atom stereocenters. The lowest BCUT2D eigenvalue weighted by atomic mass is 10.1. The summed E-state index contributed by atoms with van der Waals surface area (Å²) in [7, 11) is 0. The third-order valence-electron chi connectivity index (χ3n) is 2.98. The second-order valence-corrected chi connectivity index (χ2v) is 5.14. The minimum Gasteiger partial charge on any atom is -0.351 e. The van der Waals surface area contributed by atoms with Crippen LogP contribution in [0.2, 0.25) is 10.0 Å². The van der Waals surface area contributed by atoms with Gasteiger partial charge >= 0.3 is 0 Å². The third-order valence-corrected chi connectivity index (χ3v) is 3.68. The van der Waals surface area contributed by atoms with Crippen LogP contribution in [0.4, 0.5) is 0 Å². The molecule has 96 valence electrons. The highest BCUT2D eigenvalue weighted by Crippen LogP contribution is 2.26. The summed E-state index contributed by atoms with van der Waals surface area (Å²) in [6.45, 7) is 0. The summed E-state index contributed by atoms with van der Waals surface area (Å²) in [5, 5.41) is 1.55. The Bertz CT molecular complexity index is 460. The quantitative estimate of drug-likeness (QED) is 0.767. The number of hydrogen-bond donors (Lipinski definition) is 1. The Morgan fingerprint density at radius 1 is 1.00 bits per heavy atom. The lowest BCUT2D eigenvalue weighted by molar-refractivity contribution is 0.673. The molecule has 2 aromatic rings. The smallest absolute Gasteiger partial charge is 0.0923 e. The van der Waals surface area contributed by atoms with Crippen LogP contribution in [0.1, 0.15) is 30.5 Å². The Morgan fingerprint density at radius 2 is 1.72 bits per heavy atom. The average molecular weight is 283 g/mol. The van der Waals surface area contributed by atoms with Gasteiger partial charge in [0.2, 0.25) is 0 Å². The molecule has 0 radical (unpaired) electrons. The molecule has 1 N–H and O–H groups in total. The molecule has 4 heteroatoms. The van der Waals surface area contributed by atoms with E-state index in [4.69, 9.17) is 23.2 Å². The second kappa shape index (κ2) is 6.81. The SMILES string of the molecule is Clc1cccc(Cl)c1CCCCCc1c[nH]cn1. The van der Waals surface area contributed by atoms with Crippen LogP contribution in [0.5, 0.6) is 0 Å². The average Bonchev–Trinajstić information content (AvgIpc) is 2.85. The molecule has 0 unspecified atom stereocenters. The number of hydrogen-bond acceptors (Lipinski definition) is 1. The van der Waals surface area contributed by atoms with Crippen molar-refractivity contribution in [3.63, 3.8) is 0 Å². The van der Waals surface area contributed by atoms with Crippen molar-refractivity contribution in [1.29, 1.82) is 0 Å². The molecule has 1 aromatic carbocycles. The van der Waals surface area contributed by atoms with Crippen molar-refractivity contribution in [3.05, 3.63) is 52.0 Å². The van der Waals surface area contributed by atoms with Gasteiger partial charge in [0, 0.05) is 16.2 Å². The molecule has 0 bridgehead atoms. The Balaban J connectivity index is 1.72. The molecule has 0 saturated carbocycles. The number of unbranched alkanes of at least 4 members (excludes halogenated alkanes) is 2. The fourth-order valence-electron chi connectivity index (χ4n) is 1.98. The first-order valence-corrected chi connectivity index (χ1v) is 6.93. The van der Waals surface area contributed by atoms with E-state index < -0.39 is 0 Å². The maximum absolute atomic E-state index is 6.12. The molecule has 0 aliphatic carbocycles. The van der Waals surface area contributed by atoms with Gasteiger partial charge in [-0.2, -0.15) is 0 Å². The van der Waals surface area contributed by atoms with Crippen molar-refractivity contribution in [2.75, 3.05) is 0 Å². The zero-order valence-corrected chi connectivity index (χ0v) is 11.6. The molecule has 0 aliphatic rings. The predicted molar refractivity (Wildman–Crippen MR) is 76.3 cm³/mol. The number of halogens is 2. The van der Waals surface area contributed by atoms with Crippen LogP contribution < -0.4 is 0 Å². The van der Waals surface area contributed by atoms with Crippen LogP contribution in [0.25, 0.3) is 0 Å². The van der Waals surface area contributed by atoms with Gasteiger partial charge in [-0.3, -0.25) is 0 Å². The van der Waals surface area contributed by atoms with E-state index >= 15 is 0 Å². The van der Waals surface area contributed by atoms with E-state index in [1.54, 1.807) is 6.33 Å². The van der Waals surface area contributed by atoms with Gasteiger partial charge in [0.15, 0.2) is 0 Å². The molecular formula is C14H16Cl2N2. The maximum Gasteiger partial charge on any atom is 0.0923 e. The van der Waals surface area contributed by atoms with E-state index in [1.165, 1.54) is 0 Å². The van der Waals surface area contributed by atoms with Crippen LogP contribution in [0.3, 0.4) is 0 Å². The van der Waals surface area contributed by atoms with Crippen LogP contribution in [-0.4, -0.2) is 9.97 Å². The van der Waals surface area contributed by atoms with E-state index in [-0.39, 0.29) is 0 Å². The summed E-state index contributed by atoms with van der Waals surface area (Å²) in [6.07, 6.45) is 9.05. The Morgan fingerprint density at radius 3 is 2.39 bits per heavy atom. The number of imidazole rings is 1. The molecule has 2 rings (SSSR count). The van der Waals surface area contributed by atoms with Gasteiger partial charge < -0.3 is 4.98 Å². The first-order valence-electron chi connectivity index (χ1n) is 6.18. The fraction of sp³-hybridized carbons (Fsp3) is 0.357. The normalized spacial score (nSPS) is 10.8. The fourth-order valence-corrected chi connectivity index (χ4v) is 2.57. The first kappa shape index (κ1) is 13.4. The predicted octanol–water partition coefficient (Wildman–Crippen LogP) is 4.67. The van der Waals surface area contributed by atoms with E-state index in [2.05, 4.69) is 9.97 Å². The molecule has 0 aliphatic heterocycles. The van der Waals surface area contributed by atoms with Gasteiger partial charge in [0.25, 0.3) is 0 Å². The molecule has 18 heavy (non-hydrogen) atoms. The van der Waals surface area contributed by atoms with Crippen molar-refractivity contribution in [2.45, 2.75) is 32.1 Å². The van der Waals surface area contributed by atoms with Gasteiger partial charge in [0.1, 0.15) is 0 Å². The zero-order valence-electron chi connectivity index (χ0n) is 10.1. The Labute approximate surface area is 117 Å². The van der Waals surface area contributed by atoms with Gasteiger partial charge in [-0.05, 0) is 43.4 Å². The molecule has 0 fully saturated rings. The van der Waals surface area contributed by atoms with Crippen LogP contribution >= 0.6 is 23.2 Å². The third kappa shape index (κ3) is 3.76. The van der Waals surface area contributed by atoms with Crippen molar-refractivity contribution < 1.29 is 0 Å². The number of H-pyrrole nitrogens is 1. The summed E-state index contributed by atoms with van der Waals surface area (Å²) < 4.78 is 0. The number of nitrogens with zero attached hydrogens (tertiary/aromatic N) is 1. The number of aryl methyl sites for hydroxylation is 1. The summed E-state index contributed by atoms with van der Waals surface area (Å²) in [6, 6.07) is 5.67. The lowest BCUT2D eigenvalue weighted by Crippen LogP contribution is -1.91. The summed E-state index contributed by atoms with van der Waals surface area (Å²) in [5.41, 5.74) is 2.20. The minimum absolute atomic E-state index is 0.773. The highest BCUT2D eigenvalue weighted by molar-refractivity contribution is 6.35. The minimum atomic E-state index is 0.773. The number of benzene rings is 1. The summed E-state index contributed by atoms with van der Waals surface area (Å²) >= 11 is 12.2. The first-order chi connectivity index (χ1) is 8.77. The van der Waals surface area contributed by atoms with Crippen molar-refractivity contribution in [2.24, 2.45) is 0 Å². The highest BCUT2D eigenvalue weighted by Gasteiger charge is 2.04. The largest absolute Gasteiger partial charge is 0.351 e. The molecule has 1 heterocycles. The van der Waals surface area contributed by atoms with Crippen LogP contribution in [-0.2, 0) is 12.8 Å². The number of nitrogens with one attached hydrogen (secondary N) is 1. The molecule has 2 nitrogen and oxygen atoms in total. The second-order valence-electron chi connectivity index (χ2n) is 4.32. The molecule has 0 saturated heterocycles. The van der Waals surface area contributed by atoms with Gasteiger partial charge in [-0.15, -0.1) is 0 Å². The van der Waals surface area contributed by atoms with E-state index in [1.807, 2.05) is 24.4 Å². The van der Waals surface area contributed by atoms with Crippen molar-refractivity contribution in [3.8, 4) is 0 Å². The molecule has 1 aromatic heterocycles.